The summed E-state index contributed by atoms with van der Waals surface area (Å²) in [6.07, 6.45) is 0.924. The highest BCUT2D eigenvalue weighted by atomic mass is 35.5. The molecule has 0 radical (unpaired) electrons. The van der Waals surface area contributed by atoms with Gasteiger partial charge in [-0.15, -0.1) is 0 Å². The molecular formula is C15H16ClNO2S. The molecule has 0 aromatic heterocycles. The van der Waals surface area contributed by atoms with Gasteiger partial charge in [0.15, 0.2) is 0 Å². The largest absolute Gasteiger partial charge is 0.280 e. The molecule has 0 aliphatic heterocycles. The van der Waals surface area contributed by atoms with Crippen molar-refractivity contribution in [1.29, 1.82) is 0 Å². The third kappa shape index (κ3) is 3.32. The summed E-state index contributed by atoms with van der Waals surface area (Å²) in [4.78, 5) is 0.155. The van der Waals surface area contributed by atoms with Gasteiger partial charge in [0.1, 0.15) is 0 Å². The Labute approximate surface area is 124 Å². The van der Waals surface area contributed by atoms with Crippen LogP contribution in [0.2, 0.25) is 5.02 Å². The molecule has 0 atom stereocenters. The van der Waals surface area contributed by atoms with E-state index in [-0.39, 0.29) is 4.90 Å². The molecule has 0 bridgehead atoms. The van der Waals surface area contributed by atoms with E-state index in [1.165, 1.54) is 17.7 Å². The summed E-state index contributed by atoms with van der Waals surface area (Å²) in [6.45, 7) is 4.04. The van der Waals surface area contributed by atoms with Gasteiger partial charge < -0.3 is 0 Å². The minimum atomic E-state index is -3.61. The molecule has 20 heavy (non-hydrogen) atoms. The summed E-state index contributed by atoms with van der Waals surface area (Å²) < 4.78 is 27.1. The van der Waals surface area contributed by atoms with Gasteiger partial charge in [-0.2, -0.15) is 0 Å². The van der Waals surface area contributed by atoms with Gasteiger partial charge in [-0.05, 0) is 54.8 Å². The Morgan fingerprint density at radius 1 is 1.15 bits per heavy atom. The minimum absolute atomic E-state index is 0.155. The van der Waals surface area contributed by atoms with Crippen LogP contribution in [0.3, 0.4) is 0 Å². The minimum Gasteiger partial charge on any atom is -0.280 e. The molecule has 0 heterocycles. The van der Waals surface area contributed by atoms with Crippen LogP contribution < -0.4 is 4.72 Å². The summed E-state index contributed by atoms with van der Waals surface area (Å²) in [7, 11) is -3.61. The molecule has 0 aliphatic carbocycles. The van der Waals surface area contributed by atoms with Gasteiger partial charge in [0, 0.05) is 10.7 Å². The maximum Gasteiger partial charge on any atom is 0.261 e. The number of sulfonamides is 1. The summed E-state index contributed by atoms with van der Waals surface area (Å²) >= 11 is 5.83. The molecule has 0 saturated carbocycles. The summed E-state index contributed by atoms with van der Waals surface area (Å²) in [5.74, 6) is 0. The van der Waals surface area contributed by atoms with E-state index in [1.807, 2.05) is 19.1 Å². The van der Waals surface area contributed by atoms with Crippen LogP contribution in [0, 0.1) is 6.92 Å². The van der Waals surface area contributed by atoms with E-state index >= 15 is 0 Å². The first-order chi connectivity index (χ1) is 9.42. The molecule has 2 rings (SSSR count). The van der Waals surface area contributed by atoms with E-state index in [0.29, 0.717) is 10.7 Å². The van der Waals surface area contributed by atoms with Crippen LogP contribution in [0.4, 0.5) is 5.69 Å². The fraction of sp³-hybridized carbons (Fsp3) is 0.200. The lowest BCUT2D eigenvalue weighted by molar-refractivity contribution is 0.601. The van der Waals surface area contributed by atoms with Crippen LogP contribution in [0.15, 0.2) is 47.4 Å². The highest BCUT2D eigenvalue weighted by Gasteiger charge is 2.14. The number of aryl methyl sites for hydroxylation is 2. The maximum atomic E-state index is 12.2. The van der Waals surface area contributed by atoms with Gasteiger partial charge in [0.05, 0.1) is 4.90 Å². The number of nitrogens with one attached hydrogen (secondary N) is 1. The van der Waals surface area contributed by atoms with Gasteiger partial charge in [-0.1, -0.05) is 30.7 Å². The first-order valence-corrected chi connectivity index (χ1v) is 8.16. The van der Waals surface area contributed by atoms with Crippen LogP contribution in [0.25, 0.3) is 0 Å². The highest BCUT2D eigenvalue weighted by molar-refractivity contribution is 7.92. The standard InChI is InChI=1S/C15H16ClNO2S/c1-3-12-7-8-14(9-11(12)2)17-20(18,19)15-6-4-5-13(16)10-15/h4-10,17H,3H2,1-2H3. The van der Waals surface area contributed by atoms with E-state index in [2.05, 4.69) is 11.6 Å². The van der Waals surface area contributed by atoms with Crippen molar-refractivity contribution in [3.8, 4) is 0 Å². The zero-order valence-electron chi connectivity index (χ0n) is 11.4. The van der Waals surface area contributed by atoms with Crippen molar-refractivity contribution in [2.75, 3.05) is 4.72 Å². The zero-order chi connectivity index (χ0) is 14.8. The third-order valence-electron chi connectivity index (χ3n) is 3.08. The summed E-state index contributed by atoms with van der Waals surface area (Å²) in [6, 6.07) is 11.7. The highest BCUT2D eigenvalue weighted by Crippen LogP contribution is 2.21. The average Bonchev–Trinajstić information content (AvgIpc) is 2.38. The number of hydrogen-bond donors (Lipinski definition) is 1. The third-order valence-corrected chi connectivity index (χ3v) is 4.70. The van der Waals surface area contributed by atoms with Crippen LogP contribution in [0.1, 0.15) is 18.1 Å². The van der Waals surface area contributed by atoms with E-state index in [1.54, 1.807) is 18.2 Å². The van der Waals surface area contributed by atoms with Crippen molar-refractivity contribution >= 4 is 27.3 Å². The number of anilines is 1. The molecule has 0 unspecified atom stereocenters. The van der Waals surface area contributed by atoms with Crippen molar-refractivity contribution < 1.29 is 8.42 Å². The summed E-state index contributed by atoms with van der Waals surface area (Å²) in [5, 5.41) is 0.394. The second-order valence-electron chi connectivity index (χ2n) is 4.56. The Morgan fingerprint density at radius 3 is 2.50 bits per heavy atom. The fourth-order valence-corrected chi connectivity index (χ4v) is 3.35. The second-order valence-corrected chi connectivity index (χ2v) is 6.68. The monoisotopic (exact) mass is 309 g/mol. The molecule has 3 nitrogen and oxygen atoms in total. The molecule has 1 N–H and O–H groups in total. The molecule has 0 spiro atoms. The molecular weight excluding hydrogens is 294 g/mol. The second kappa shape index (κ2) is 5.85. The van der Waals surface area contributed by atoms with Crippen LogP contribution in [0.5, 0.6) is 0 Å². The molecule has 0 saturated heterocycles. The van der Waals surface area contributed by atoms with Crippen LogP contribution in [-0.4, -0.2) is 8.42 Å². The number of hydrogen-bond acceptors (Lipinski definition) is 2. The Balaban J connectivity index is 2.31. The van der Waals surface area contributed by atoms with E-state index in [4.69, 9.17) is 11.6 Å². The van der Waals surface area contributed by atoms with E-state index < -0.39 is 10.0 Å². The van der Waals surface area contributed by atoms with Gasteiger partial charge in [0.2, 0.25) is 0 Å². The lowest BCUT2D eigenvalue weighted by atomic mass is 10.1. The first kappa shape index (κ1) is 14.9. The molecule has 0 aliphatic rings. The Morgan fingerprint density at radius 2 is 1.90 bits per heavy atom. The Bertz CT molecular complexity index is 726. The fourth-order valence-electron chi connectivity index (χ4n) is 2.00. The number of benzene rings is 2. The van der Waals surface area contributed by atoms with Crippen molar-refractivity contribution in [2.45, 2.75) is 25.2 Å². The summed E-state index contributed by atoms with van der Waals surface area (Å²) in [5.41, 5.74) is 2.83. The van der Waals surface area contributed by atoms with Crippen molar-refractivity contribution in [3.05, 3.63) is 58.6 Å². The van der Waals surface area contributed by atoms with E-state index in [0.717, 1.165) is 12.0 Å². The van der Waals surface area contributed by atoms with Crippen molar-refractivity contribution in [1.82, 2.24) is 0 Å². The first-order valence-electron chi connectivity index (χ1n) is 6.30. The van der Waals surface area contributed by atoms with Gasteiger partial charge in [-0.3, -0.25) is 4.72 Å². The molecule has 0 amide bonds. The smallest absolute Gasteiger partial charge is 0.261 e. The molecule has 0 fully saturated rings. The molecule has 2 aromatic rings. The van der Waals surface area contributed by atoms with Crippen molar-refractivity contribution in [2.24, 2.45) is 0 Å². The Kier molecular flexibility index (Phi) is 4.35. The predicted molar refractivity (Wildman–Crippen MR) is 82.8 cm³/mol. The normalized spacial score (nSPS) is 11.3. The SMILES string of the molecule is CCc1ccc(NS(=O)(=O)c2cccc(Cl)c2)cc1C. The van der Waals surface area contributed by atoms with Crippen LogP contribution >= 0.6 is 11.6 Å². The van der Waals surface area contributed by atoms with Crippen molar-refractivity contribution in [3.63, 3.8) is 0 Å². The topological polar surface area (TPSA) is 46.2 Å². The number of rotatable bonds is 4. The molecule has 5 heteroatoms. The lowest BCUT2D eigenvalue weighted by Crippen LogP contribution is -2.13. The number of halogens is 1. The van der Waals surface area contributed by atoms with Gasteiger partial charge in [-0.25, -0.2) is 8.42 Å². The average molecular weight is 310 g/mol. The Hall–Kier alpha value is -1.52. The van der Waals surface area contributed by atoms with E-state index in [9.17, 15) is 8.42 Å². The van der Waals surface area contributed by atoms with Gasteiger partial charge >= 0.3 is 0 Å². The lowest BCUT2D eigenvalue weighted by Gasteiger charge is -2.10. The maximum absolute atomic E-state index is 12.2. The molecule has 106 valence electrons. The zero-order valence-corrected chi connectivity index (χ0v) is 12.9. The van der Waals surface area contributed by atoms with Crippen LogP contribution in [-0.2, 0) is 16.4 Å². The quantitative estimate of drug-likeness (QED) is 0.927. The predicted octanol–water partition coefficient (Wildman–Crippen LogP) is 4.01. The molecule has 2 aromatic carbocycles. The van der Waals surface area contributed by atoms with Gasteiger partial charge in [0.25, 0.3) is 10.0 Å².